The first-order valence-corrected chi connectivity index (χ1v) is 6.29. The van der Waals surface area contributed by atoms with Crippen molar-refractivity contribution in [1.29, 1.82) is 0 Å². The summed E-state index contributed by atoms with van der Waals surface area (Å²) in [5, 5.41) is 12.5. The molecule has 0 spiro atoms. The van der Waals surface area contributed by atoms with Gasteiger partial charge >= 0.3 is 0 Å². The Balaban J connectivity index is 2.37. The van der Waals surface area contributed by atoms with Crippen LogP contribution in [0.25, 0.3) is 0 Å². The Bertz CT molecular complexity index is 273. The molecule has 0 saturated heterocycles. The SMILES string of the molecule is CCc1ccc(SCC(O)CNC)cc1. The maximum atomic E-state index is 9.53. The number of hydrogen-bond donors (Lipinski definition) is 2. The zero-order valence-corrected chi connectivity index (χ0v) is 10.2. The molecule has 1 rings (SSSR count). The van der Waals surface area contributed by atoms with Gasteiger partial charge in [-0.2, -0.15) is 0 Å². The van der Waals surface area contributed by atoms with E-state index in [-0.39, 0.29) is 6.10 Å². The van der Waals surface area contributed by atoms with Gasteiger partial charge in [0.2, 0.25) is 0 Å². The van der Waals surface area contributed by atoms with Crippen molar-refractivity contribution in [3.05, 3.63) is 29.8 Å². The van der Waals surface area contributed by atoms with Crippen molar-refractivity contribution >= 4 is 11.8 Å². The molecule has 0 bridgehead atoms. The lowest BCUT2D eigenvalue weighted by atomic mass is 10.2. The number of hydrogen-bond acceptors (Lipinski definition) is 3. The van der Waals surface area contributed by atoms with E-state index >= 15 is 0 Å². The van der Waals surface area contributed by atoms with Gasteiger partial charge in [-0.05, 0) is 31.2 Å². The highest BCUT2D eigenvalue weighted by Crippen LogP contribution is 2.19. The molecule has 15 heavy (non-hydrogen) atoms. The quantitative estimate of drug-likeness (QED) is 0.726. The average molecular weight is 225 g/mol. The highest BCUT2D eigenvalue weighted by Gasteiger charge is 2.03. The molecule has 0 fully saturated rings. The molecule has 0 aliphatic heterocycles. The lowest BCUT2D eigenvalue weighted by Crippen LogP contribution is -2.25. The third-order valence-electron chi connectivity index (χ3n) is 2.21. The molecule has 0 amide bonds. The van der Waals surface area contributed by atoms with Crippen molar-refractivity contribution in [2.24, 2.45) is 0 Å². The molecular weight excluding hydrogens is 206 g/mol. The van der Waals surface area contributed by atoms with Crippen LogP contribution in [0.15, 0.2) is 29.2 Å². The smallest absolute Gasteiger partial charge is 0.0758 e. The van der Waals surface area contributed by atoms with E-state index in [0.717, 1.165) is 12.2 Å². The predicted molar refractivity (Wildman–Crippen MR) is 66.5 cm³/mol. The van der Waals surface area contributed by atoms with Gasteiger partial charge in [0.15, 0.2) is 0 Å². The fourth-order valence-corrected chi connectivity index (χ4v) is 2.14. The van der Waals surface area contributed by atoms with Crippen molar-refractivity contribution in [3.63, 3.8) is 0 Å². The van der Waals surface area contributed by atoms with E-state index in [1.165, 1.54) is 10.5 Å². The van der Waals surface area contributed by atoms with Crippen LogP contribution in [0, 0.1) is 0 Å². The first kappa shape index (κ1) is 12.6. The van der Waals surface area contributed by atoms with Crippen LogP contribution in [-0.2, 0) is 6.42 Å². The number of thioether (sulfide) groups is 1. The van der Waals surface area contributed by atoms with Gasteiger partial charge in [0, 0.05) is 17.2 Å². The van der Waals surface area contributed by atoms with Gasteiger partial charge in [-0.25, -0.2) is 0 Å². The summed E-state index contributed by atoms with van der Waals surface area (Å²) in [6, 6.07) is 8.53. The Morgan fingerprint density at radius 2 is 2.00 bits per heavy atom. The molecular formula is C12H19NOS. The van der Waals surface area contributed by atoms with Crippen LogP contribution in [0.3, 0.4) is 0 Å². The molecule has 2 nitrogen and oxygen atoms in total. The van der Waals surface area contributed by atoms with Gasteiger partial charge in [-0.3, -0.25) is 0 Å². The van der Waals surface area contributed by atoms with Crippen LogP contribution in [0.4, 0.5) is 0 Å². The molecule has 84 valence electrons. The fraction of sp³-hybridized carbons (Fsp3) is 0.500. The van der Waals surface area contributed by atoms with Crippen LogP contribution in [-0.4, -0.2) is 30.6 Å². The first-order valence-electron chi connectivity index (χ1n) is 5.30. The Kier molecular flexibility index (Phi) is 5.76. The Labute approximate surface area is 96.1 Å². The number of aliphatic hydroxyl groups is 1. The molecule has 0 saturated carbocycles. The minimum absolute atomic E-state index is 0.272. The van der Waals surface area contributed by atoms with Gasteiger partial charge in [-0.1, -0.05) is 19.1 Å². The second-order valence-corrected chi connectivity index (χ2v) is 4.61. The number of rotatable bonds is 6. The summed E-state index contributed by atoms with van der Waals surface area (Å²) < 4.78 is 0. The third kappa shape index (κ3) is 4.69. The average Bonchev–Trinajstić information content (AvgIpc) is 2.27. The van der Waals surface area contributed by atoms with E-state index in [1.54, 1.807) is 11.8 Å². The lowest BCUT2D eigenvalue weighted by Gasteiger charge is -2.09. The number of benzene rings is 1. The molecule has 0 aliphatic rings. The van der Waals surface area contributed by atoms with Crippen LogP contribution >= 0.6 is 11.8 Å². The Morgan fingerprint density at radius 3 is 2.53 bits per heavy atom. The van der Waals surface area contributed by atoms with Crippen molar-refractivity contribution < 1.29 is 5.11 Å². The van der Waals surface area contributed by atoms with Crippen LogP contribution in [0.5, 0.6) is 0 Å². The lowest BCUT2D eigenvalue weighted by molar-refractivity contribution is 0.199. The third-order valence-corrected chi connectivity index (χ3v) is 3.37. The summed E-state index contributed by atoms with van der Waals surface area (Å²) in [6.45, 7) is 2.80. The Hall–Kier alpha value is -0.510. The summed E-state index contributed by atoms with van der Waals surface area (Å²) >= 11 is 1.70. The Morgan fingerprint density at radius 1 is 1.33 bits per heavy atom. The largest absolute Gasteiger partial charge is 0.391 e. The molecule has 0 heterocycles. The van der Waals surface area contributed by atoms with Crippen molar-refractivity contribution in [3.8, 4) is 0 Å². The predicted octanol–water partition coefficient (Wildman–Crippen LogP) is 1.92. The van der Waals surface area contributed by atoms with E-state index in [1.807, 2.05) is 7.05 Å². The maximum absolute atomic E-state index is 9.53. The zero-order valence-electron chi connectivity index (χ0n) is 9.36. The minimum Gasteiger partial charge on any atom is -0.391 e. The van der Waals surface area contributed by atoms with E-state index < -0.39 is 0 Å². The first-order chi connectivity index (χ1) is 7.26. The molecule has 0 radical (unpaired) electrons. The van der Waals surface area contributed by atoms with Crippen molar-refractivity contribution in [2.45, 2.75) is 24.3 Å². The van der Waals surface area contributed by atoms with Gasteiger partial charge in [0.1, 0.15) is 0 Å². The molecule has 3 heteroatoms. The van der Waals surface area contributed by atoms with E-state index in [4.69, 9.17) is 0 Å². The van der Waals surface area contributed by atoms with E-state index in [9.17, 15) is 5.11 Å². The molecule has 1 atom stereocenters. The monoisotopic (exact) mass is 225 g/mol. The summed E-state index contributed by atoms with van der Waals surface area (Å²) in [5.41, 5.74) is 1.36. The molecule has 1 aromatic rings. The molecule has 0 aromatic heterocycles. The normalized spacial score (nSPS) is 12.7. The van der Waals surface area contributed by atoms with Gasteiger partial charge in [0.25, 0.3) is 0 Å². The topological polar surface area (TPSA) is 32.3 Å². The van der Waals surface area contributed by atoms with Crippen molar-refractivity contribution in [2.75, 3.05) is 19.3 Å². The van der Waals surface area contributed by atoms with Gasteiger partial charge in [-0.15, -0.1) is 11.8 Å². The highest BCUT2D eigenvalue weighted by molar-refractivity contribution is 7.99. The number of aliphatic hydroxyl groups excluding tert-OH is 1. The van der Waals surface area contributed by atoms with Crippen LogP contribution in [0.1, 0.15) is 12.5 Å². The highest BCUT2D eigenvalue weighted by atomic mass is 32.2. The molecule has 1 aromatic carbocycles. The number of nitrogens with one attached hydrogen (secondary N) is 1. The maximum Gasteiger partial charge on any atom is 0.0758 e. The fourth-order valence-electron chi connectivity index (χ4n) is 1.31. The summed E-state index contributed by atoms with van der Waals surface area (Å²) in [7, 11) is 1.85. The summed E-state index contributed by atoms with van der Waals surface area (Å²) in [6.07, 6.45) is 0.804. The second-order valence-electron chi connectivity index (χ2n) is 3.52. The van der Waals surface area contributed by atoms with Crippen molar-refractivity contribution in [1.82, 2.24) is 5.32 Å². The number of aryl methyl sites for hydroxylation is 1. The van der Waals surface area contributed by atoms with Crippen LogP contribution < -0.4 is 5.32 Å². The second kappa shape index (κ2) is 6.88. The molecule has 1 unspecified atom stereocenters. The number of likely N-dealkylation sites (N-methyl/N-ethyl adjacent to an activating group) is 1. The van der Waals surface area contributed by atoms with Gasteiger partial charge in [0.05, 0.1) is 6.10 Å². The standard InChI is InChI=1S/C12H19NOS/c1-3-10-4-6-12(7-5-10)15-9-11(14)8-13-2/h4-7,11,13-14H,3,8-9H2,1-2H3. The summed E-state index contributed by atoms with van der Waals surface area (Å²) in [5.74, 6) is 0.742. The zero-order chi connectivity index (χ0) is 11.1. The minimum atomic E-state index is -0.272. The molecule has 2 N–H and O–H groups in total. The van der Waals surface area contributed by atoms with Gasteiger partial charge < -0.3 is 10.4 Å². The van der Waals surface area contributed by atoms with E-state index in [0.29, 0.717) is 6.54 Å². The van der Waals surface area contributed by atoms with E-state index in [2.05, 4.69) is 36.5 Å². The summed E-state index contributed by atoms with van der Waals surface area (Å²) in [4.78, 5) is 1.22. The molecule has 0 aliphatic carbocycles. The van der Waals surface area contributed by atoms with Crippen LogP contribution in [0.2, 0.25) is 0 Å².